The van der Waals surface area contributed by atoms with Crippen molar-refractivity contribution < 1.29 is 4.79 Å². The molecule has 1 aromatic heterocycles. The number of aromatic nitrogens is 3. The summed E-state index contributed by atoms with van der Waals surface area (Å²) >= 11 is 0. The number of rotatable bonds is 3. The van der Waals surface area contributed by atoms with E-state index in [1.54, 1.807) is 0 Å². The van der Waals surface area contributed by atoms with E-state index in [2.05, 4.69) is 34.8 Å². The van der Waals surface area contributed by atoms with Gasteiger partial charge in [0.1, 0.15) is 0 Å². The summed E-state index contributed by atoms with van der Waals surface area (Å²) in [4.78, 5) is 12.6. The standard InChI is InChI=1S/C17H29N5O/c1-11-8-12(2)10-14(9-11)19-17(23)16-13(3)22(21-20-16)15-4-6-18-7-5-15/h11-12,14-15,18H,4-10H2,1-3H3,(H,19,23). The molecule has 2 atom stereocenters. The Morgan fingerprint density at radius 1 is 1.17 bits per heavy atom. The van der Waals surface area contributed by atoms with Crippen LogP contribution in [0.2, 0.25) is 0 Å². The van der Waals surface area contributed by atoms with Crippen LogP contribution in [0.25, 0.3) is 0 Å². The van der Waals surface area contributed by atoms with Gasteiger partial charge in [-0.3, -0.25) is 4.79 Å². The molecule has 1 aliphatic heterocycles. The number of carbonyl (C=O) groups excluding carboxylic acids is 1. The Bertz CT molecular complexity index is 539. The van der Waals surface area contributed by atoms with Crippen molar-refractivity contribution in [2.75, 3.05) is 13.1 Å². The lowest BCUT2D eigenvalue weighted by Crippen LogP contribution is -2.40. The predicted molar refractivity (Wildman–Crippen MR) is 89.3 cm³/mol. The summed E-state index contributed by atoms with van der Waals surface area (Å²) in [6.07, 6.45) is 5.48. The normalized spacial score (nSPS) is 29.4. The fourth-order valence-electron chi connectivity index (χ4n) is 4.27. The van der Waals surface area contributed by atoms with Gasteiger partial charge in [-0.15, -0.1) is 5.10 Å². The van der Waals surface area contributed by atoms with Crippen LogP contribution in [0.4, 0.5) is 0 Å². The number of amides is 1. The lowest BCUT2D eigenvalue weighted by atomic mass is 9.80. The number of nitrogens with zero attached hydrogens (tertiary/aromatic N) is 3. The molecule has 3 rings (SSSR count). The molecule has 1 saturated carbocycles. The van der Waals surface area contributed by atoms with Crippen molar-refractivity contribution in [1.29, 1.82) is 0 Å². The van der Waals surface area contributed by atoms with E-state index in [1.165, 1.54) is 6.42 Å². The molecule has 0 spiro atoms. The second-order valence-electron chi connectivity index (χ2n) is 7.54. The van der Waals surface area contributed by atoms with E-state index in [-0.39, 0.29) is 11.9 Å². The summed E-state index contributed by atoms with van der Waals surface area (Å²) in [6.45, 7) is 8.51. The van der Waals surface area contributed by atoms with Crippen LogP contribution in [0, 0.1) is 18.8 Å². The van der Waals surface area contributed by atoms with E-state index in [4.69, 9.17) is 0 Å². The third kappa shape index (κ3) is 3.74. The first-order valence-corrected chi connectivity index (χ1v) is 8.98. The van der Waals surface area contributed by atoms with Crippen LogP contribution in [-0.4, -0.2) is 40.0 Å². The first-order chi connectivity index (χ1) is 11.0. The Kier molecular flexibility index (Phi) is 4.99. The molecule has 2 heterocycles. The summed E-state index contributed by atoms with van der Waals surface area (Å²) in [7, 11) is 0. The molecule has 128 valence electrons. The predicted octanol–water partition coefficient (Wildman–Crippen LogP) is 2.07. The van der Waals surface area contributed by atoms with Crippen LogP contribution >= 0.6 is 0 Å². The average molecular weight is 319 g/mol. The lowest BCUT2D eigenvalue weighted by molar-refractivity contribution is 0.0905. The monoisotopic (exact) mass is 319 g/mol. The highest BCUT2D eigenvalue weighted by molar-refractivity contribution is 5.93. The highest BCUT2D eigenvalue weighted by Crippen LogP contribution is 2.28. The van der Waals surface area contributed by atoms with E-state index in [0.717, 1.165) is 44.5 Å². The second-order valence-corrected chi connectivity index (χ2v) is 7.54. The smallest absolute Gasteiger partial charge is 0.273 e. The van der Waals surface area contributed by atoms with Crippen molar-refractivity contribution >= 4 is 5.91 Å². The molecular weight excluding hydrogens is 290 g/mol. The molecule has 2 N–H and O–H groups in total. The summed E-state index contributed by atoms with van der Waals surface area (Å²) in [5.41, 5.74) is 1.39. The van der Waals surface area contributed by atoms with Crippen molar-refractivity contribution in [3.05, 3.63) is 11.4 Å². The van der Waals surface area contributed by atoms with E-state index in [1.807, 2.05) is 11.6 Å². The van der Waals surface area contributed by atoms with Gasteiger partial charge in [-0.2, -0.15) is 0 Å². The van der Waals surface area contributed by atoms with Crippen LogP contribution in [0.5, 0.6) is 0 Å². The SMILES string of the molecule is Cc1c(C(=O)NC2CC(C)CC(C)C2)nnn1C1CCNCC1. The molecule has 1 saturated heterocycles. The molecule has 23 heavy (non-hydrogen) atoms. The van der Waals surface area contributed by atoms with Gasteiger partial charge in [0.15, 0.2) is 5.69 Å². The van der Waals surface area contributed by atoms with Crippen LogP contribution < -0.4 is 10.6 Å². The van der Waals surface area contributed by atoms with Crippen LogP contribution in [0.1, 0.15) is 68.2 Å². The molecule has 1 aliphatic carbocycles. The fourth-order valence-corrected chi connectivity index (χ4v) is 4.27. The highest BCUT2D eigenvalue weighted by atomic mass is 16.2. The first-order valence-electron chi connectivity index (χ1n) is 8.98. The Balaban J connectivity index is 1.66. The topological polar surface area (TPSA) is 71.8 Å². The molecule has 0 radical (unpaired) electrons. The largest absolute Gasteiger partial charge is 0.348 e. The Morgan fingerprint density at radius 2 is 1.83 bits per heavy atom. The zero-order valence-corrected chi connectivity index (χ0v) is 14.5. The average Bonchev–Trinajstić information content (AvgIpc) is 2.89. The Morgan fingerprint density at radius 3 is 2.48 bits per heavy atom. The van der Waals surface area contributed by atoms with E-state index in [0.29, 0.717) is 23.6 Å². The molecular formula is C17H29N5O. The summed E-state index contributed by atoms with van der Waals surface area (Å²) in [6, 6.07) is 0.629. The fraction of sp³-hybridized carbons (Fsp3) is 0.824. The minimum absolute atomic E-state index is 0.0611. The minimum atomic E-state index is -0.0611. The Hall–Kier alpha value is -1.43. The zero-order chi connectivity index (χ0) is 16.4. The summed E-state index contributed by atoms with van der Waals surface area (Å²) in [5, 5.41) is 15.0. The van der Waals surface area contributed by atoms with Gasteiger partial charge in [0.25, 0.3) is 5.91 Å². The molecule has 6 heteroatoms. The maximum Gasteiger partial charge on any atom is 0.273 e. The number of nitrogens with one attached hydrogen (secondary N) is 2. The van der Waals surface area contributed by atoms with Gasteiger partial charge in [-0.25, -0.2) is 4.68 Å². The van der Waals surface area contributed by atoms with E-state index in [9.17, 15) is 4.79 Å². The molecule has 2 fully saturated rings. The first kappa shape index (κ1) is 16.4. The summed E-state index contributed by atoms with van der Waals surface area (Å²) < 4.78 is 1.95. The lowest BCUT2D eigenvalue weighted by Gasteiger charge is -2.31. The molecule has 6 nitrogen and oxygen atoms in total. The van der Waals surface area contributed by atoms with Crippen molar-refractivity contribution in [3.63, 3.8) is 0 Å². The van der Waals surface area contributed by atoms with Gasteiger partial charge in [0.2, 0.25) is 0 Å². The number of hydrogen-bond acceptors (Lipinski definition) is 4. The zero-order valence-electron chi connectivity index (χ0n) is 14.5. The molecule has 0 aromatic carbocycles. The quantitative estimate of drug-likeness (QED) is 0.894. The van der Waals surface area contributed by atoms with Crippen LogP contribution in [0.15, 0.2) is 0 Å². The Labute approximate surface area is 138 Å². The van der Waals surface area contributed by atoms with E-state index >= 15 is 0 Å². The second kappa shape index (κ2) is 6.99. The van der Waals surface area contributed by atoms with Gasteiger partial charge in [0.05, 0.1) is 11.7 Å². The summed E-state index contributed by atoms with van der Waals surface area (Å²) in [5.74, 6) is 1.29. The van der Waals surface area contributed by atoms with Gasteiger partial charge >= 0.3 is 0 Å². The maximum absolute atomic E-state index is 12.6. The minimum Gasteiger partial charge on any atom is -0.348 e. The van der Waals surface area contributed by atoms with Gasteiger partial charge in [0, 0.05) is 6.04 Å². The number of carbonyl (C=O) groups is 1. The van der Waals surface area contributed by atoms with Gasteiger partial charge in [-0.05, 0) is 64.0 Å². The molecule has 1 aromatic rings. The third-order valence-corrected chi connectivity index (χ3v) is 5.31. The van der Waals surface area contributed by atoms with Crippen molar-refractivity contribution in [2.24, 2.45) is 11.8 Å². The highest BCUT2D eigenvalue weighted by Gasteiger charge is 2.28. The number of piperidine rings is 1. The number of hydrogen-bond donors (Lipinski definition) is 2. The van der Waals surface area contributed by atoms with Crippen molar-refractivity contribution in [2.45, 2.75) is 65.0 Å². The molecule has 1 amide bonds. The van der Waals surface area contributed by atoms with Crippen molar-refractivity contribution in [1.82, 2.24) is 25.6 Å². The molecule has 2 unspecified atom stereocenters. The van der Waals surface area contributed by atoms with Gasteiger partial charge < -0.3 is 10.6 Å². The van der Waals surface area contributed by atoms with Crippen LogP contribution in [0.3, 0.4) is 0 Å². The van der Waals surface area contributed by atoms with Crippen LogP contribution in [-0.2, 0) is 0 Å². The van der Waals surface area contributed by atoms with E-state index < -0.39 is 0 Å². The maximum atomic E-state index is 12.6. The molecule has 2 aliphatic rings. The third-order valence-electron chi connectivity index (χ3n) is 5.31. The molecule has 0 bridgehead atoms. The van der Waals surface area contributed by atoms with Gasteiger partial charge in [-0.1, -0.05) is 19.1 Å². The van der Waals surface area contributed by atoms with Crippen molar-refractivity contribution in [3.8, 4) is 0 Å².